The van der Waals surface area contributed by atoms with E-state index in [1.54, 1.807) is 25.1 Å². The van der Waals surface area contributed by atoms with E-state index in [1.807, 2.05) is 0 Å². The van der Waals surface area contributed by atoms with E-state index in [4.69, 9.17) is 9.84 Å². The summed E-state index contributed by atoms with van der Waals surface area (Å²) < 4.78 is 5.10. The van der Waals surface area contributed by atoms with Gasteiger partial charge < -0.3 is 14.9 Å². The van der Waals surface area contributed by atoms with Gasteiger partial charge in [0, 0.05) is 0 Å². The van der Waals surface area contributed by atoms with Gasteiger partial charge in [-0.2, -0.15) is 0 Å². The largest absolute Gasteiger partial charge is 0.504 e. The topological polar surface area (TPSA) is 49.7 Å². The van der Waals surface area contributed by atoms with Gasteiger partial charge in [-0.25, -0.2) is 0 Å². The van der Waals surface area contributed by atoms with E-state index in [-0.39, 0.29) is 12.4 Å². The summed E-state index contributed by atoms with van der Waals surface area (Å²) in [4.78, 5) is 0. The quantitative estimate of drug-likeness (QED) is 0.711. The minimum Gasteiger partial charge on any atom is -0.504 e. The van der Waals surface area contributed by atoms with Crippen molar-refractivity contribution in [3.63, 3.8) is 0 Å². The summed E-state index contributed by atoms with van der Waals surface area (Å²) in [6.07, 6.45) is -0.524. The molecular weight excluding hydrogens is 156 g/mol. The Labute approximate surface area is 71.2 Å². The molecule has 0 aliphatic carbocycles. The van der Waals surface area contributed by atoms with Crippen molar-refractivity contribution in [3.05, 3.63) is 24.3 Å². The van der Waals surface area contributed by atoms with Crippen molar-refractivity contribution < 1.29 is 14.9 Å². The molecule has 0 aliphatic heterocycles. The van der Waals surface area contributed by atoms with Crippen LogP contribution in [0.15, 0.2) is 24.3 Å². The van der Waals surface area contributed by atoms with Gasteiger partial charge in [-0.1, -0.05) is 12.1 Å². The smallest absolute Gasteiger partial charge is 0.161 e. The summed E-state index contributed by atoms with van der Waals surface area (Å²) in [6, 6.07) is 6.66. The lowest BCUT2D eigenvalue weighted by molar-refractivity contribution is 0.121. The zero-order valence-electron chi connectivity index (χ0n) is 6.90. The van der Waals surface area contributed by atoms with E-state index < -0.39 is 6.10 Å². The molecule has 3 heteroatoms. The van der Waals surface area contributed by atoms with Gasteiger partial charge in [0.05, 0.1) is 6.10 Å². The fraction of sp³-hybridized carbons (Fsp3) is 0.333. The van der Waals surface area contributed by atoms with Crippen LogP contribution in [0.5, 0.6) is 11.5 Å². The van der Waals surface area contributed by atoms with Gasteiger partial charge in [0.15, 0.2) is 11.5 Å². The Hall–Kier alpha value is -1.22. The molecule has 0 saturated heterocycles. The van der Waals surface area contributed by atoms with E-state index in [9.17, 15) is 5.11 Å². The highest BCUT2D eigenvalue weighted by atomic mass is 16.5. The van der Waals surface area contributed by atoms with Crippen molar-refractivity contribution in [1.82, 2.24) is 0 Å². The van der Waals surface area contributed by atoms with Gasteiger partial charge in [0.25, 0.3) is 0 Å². The fourth-order valence-corrected chi connectivity index (χ4v) is 0.790. The third-order valence-corrected chi connectivity index (χ3v) is 1.35. The predicted molar refractivity (Wildman–Crippen MR) is 45.3 cm³/mol. The number of phenolic OH excluding ortho intramolecular Hbond substituents is 1. The molecule has 0 heterocycles. The highest BCUT2D eigenvalue weighted by Gasteiger charge is 2.01. The molecule has 1 aromatic carbocycles. The van der Waals surface area contributed by atoms with E-state index in [0.717, 1.165) is 0 Å². The third-order valence-electron chi connectivity index (χ3n) is 1.35. The molecule has 0 saturated carbocycles. The Morgan fingerprint density at radius 2 is 2.08 bits per heavy atom. The zero-order chi connectivity index (χ0) is 8.97. The fourth-order valence-electron chi connectivity index (χ4n) is 0.790. The molecule has 1 atom stereocenters. The summed E-state index contributed by atoms with van der Waals surface area (Å²) in [6.45, 7) is 1.82. The lowest BCUT2D eigenvalue weighted by Gasteiger charge is -2.08. The number of ether oxygens (including phenoxy) is 1. The zero-order valence-corrected chi connectivity index (χ0v) is 6.90. The van der Waals surface area contributed by atoms with Crippen LogP contribution in [0.1, 0.15) is 6.92 Å². The molecule has 12 heavy (non-hydrogen) atoms. The van der Waals surface area contributed by atoms with Crippen LogP contribution in [-0.4, -0.2) is 22.9 Å². The van der Waals surface area contributed by atoms with E-state index in [1.165, 1.54) is 6.07 Å². The van der Waals surface area contributed by atoms with Crippen molar-refractivity contribution in [3.8, 4) is 11.5 Å². The average Bonchev–Trinajstić information content (AvgIpc) is 2.03. The molecule has 0 bridgehead atoms. The highest BCUT2D eigenvalue weighted by molar-refractivity contribution is 5.37. The number of benzene rings is 1. The second-order valence-corrected chi connectivity index (χ2v) is 2.63. The lowest BCUT2D eigenvalue weighted by atomic mass is 10.3. The van der Waals surface area contributed by atoms with Gasteiger partial charge in [0.1, 0.15) is 6.61 Å². The van der Waals surface area contributed by atoms with Crippen molar-refractivity contribution in [1.29, 1.82) is 0 Å². The maximum absolute atomic E-state index is 9.22. The van der Waals surface area contributed by atoms with Crippen LogP contribution in [0, 0.1) is 0 Å². The molecular formula is C9H12O3. The van der Waals surface area contributed by atoms with E-state index in [2.05, 4.69) is 0 Å². The van der Waals surface area contributed by atoms with Crippen molar-refractivity contribution >= 4 is 0 Å². The summed E-state index contributed by atoms with van der Waals surface area (Å²) >= 11 is 0. The van der Waals surface area contributed by atoms with Crippen LogP contribution in [-0.2, 0) is 0 Å². The van der Waals surface area contributed by atoms with Crippen molar-refractivity contribution in [2.24, 2.45) is 0 Å². The Balaban J connectivity index is 2.57. The number of aliphatic hydroxyl groups excluding tert-OH is 1. The SMILES string of the molecule is C[C@@H](O)COc1ccccc1O. The first kappa shape index (κ1) is 8.87. The van der Waals surface area contributed by atoms with Gasteiger partial charge >= 0.3 is 0 Å². The van der Waals surface area contributed by atoms with Gasteiger partial charge in [-0.05, 0) is 19.1 Å². The van der Waals surface area contributed by atoms with Gasteiger partial charge in [0.2, 0.25) is 0 Å². The van der Waals surface area contributed by atoms with E-state index in [0.29, 0.717) is 5.75 Å². The highest BCUT2D eigenvalue weighted by Crippen LogP contribution is 2.24. The number of aliphatic hydroxyl groups is 1. The van der Waals surface area contributed by atoms with Crippen molar-refractivity contribution in [2.45, 2.75) is 13.0 Å². The van der Waals surface area contributed by atoms with Crippen LogP contribution in [0.2, 0.25) is 0 Å². The first-order valence-corrected chi connectivity index (χ1v) is 3.79. The molecule has 0 spiro atoms. The maximum Gasteiger partial charge on any atom is 0.161 e. The first-order valence-electron chi connectivity index (χ1n) is 3.79. The Morgan fingerprint density at radius 1 is 1.42 bits per heavy atom. The van der Waals surface area contributed by atoms with Gasteiger partial charge in [-0.15, -0.1) is 0 Å². The Bertz CT molecular complexity index is 245. The minimum atomic E-state index is -0.524. The minimum absolute atomic E-state index is 0.0955. The number of hydrogen-bond donors (Lipinski definition) is 2. The van der Waals surface area contributed by atoms with Crippen molar-refractivity contribution in [2.75, 3.05) is 6.61 Å². The molecule has 1 aromatic rings. The second-order valence-electron chi connectivity index (χ2n) is 2.63. The Kier molecular flexibility index (Phi) is 2.94. The maximum atomic E-state index is 9.22. The standard InChI is InChI=1S/C9H12O3/c1-7(10)6-12-9-5-3-2-4-8(9)11/h2-5,7,10-11H,6H2,1H3/t7-/m1/s1. The summed E-state index contributed by atoms with van der Waals surface area (Å²) in [5.74, 6) is 0.497. The number of aromatic hydroxyl groups is 1. The van der Waals surface area contributed by atoms with Crippen LogP contribution in [0.4, 0.5) is 0 Å². The summed E-state index contributed by atoms with van der Waals surface area (Å²) in [5.41, 5.74) is 0. The predicted octanol–water partition coefficient (Wildman–Crippen LogP) is 1.15. The molecule has 1 rings (SSSR count). The van der Waals surface area contributed by atoms with E-state index >= 15 is 0 Å². The third kappa shape index (κ3) is 2.43. The Morgan fingerprint density at radius 3 is 2.67 bits per heavy atom. The van der Waals surface area contributed by atoms with Crippen LogP contribution >= 0.6 is 0 Å². The molecule has 3 nitrogen and oxygen atoms in total. The molecule has 0 fully saturated rings. The molecule has 0 aliphatic rings. The molecule has 2 N–H and O–H groups in total. The van der Waals surface area contributed by atoms with Crippen LogP contribution in [0.25, 0.3) is 0 Å². The monoisotopic (exact) mass is 168 g/mol. The van der Waals surface area contributed by atoms with Crippen LogP contribution in [0.3, 0.4) is 0 Å². The van der Waals surface area contributed by atoms with Crippen LogP contribution < -0.4 is 4.74 Å². The molecule has 0 amide bonds. The molecule has 66 valence electrons. The average molecular weight is 168 g/mol. The second kappa shape index (κ2) is 3.97. The summed E-state index contributed by atoms with van der Waals surface area (Å²) in [7, 11) is 0. The van der Waals surface area contributed by atoms with Gasteiger partial charge in [-0.3, -0.25) is 0 Å². The number of rotatable bonds is 3. The molecule has 0 radical (unpaired) electrons. The normalized spacial score (nSPS) is 12.5. The molecule has 0 aromatic heterocycles. The number of phenols is 1. The lowest BCUT2D eigenvalue weighted by Crippen LogP contribution is -2.12. The molecule has 0 unspecified atom stereocenters. The number of hydrogen-bond acceptors (Lipinski definition) is 3. The number of para-hydroxylation sites is 2. The first-order chi connectivity index (χ1) is 5.70. The summed E-state index contributed by atoms with van der Waals surface area (Å²) in [5, 5.41) is 18.1.